The van der Waals surface area contributed by atoms with Crippen molar-refractivity contribution in [2.24, 2.45) is 0 Å². The highest BCUT2D eigenvalue weighted by molar-refractivity contribution is 7.91. The van der Waals surface area contributed by atoms with Crippen LogP contribution in [0.1, 0.15) is 18.9 Å². The number of carbonyl (C=O) groups excluding carboxylic acids is 1. The van der Waals surface area contributed by atoms with Crippen molar-refractivity contribution < 1.29 is 22.7 Å². The van der Waals surface area contributed by atoms with Gasteiger partial charge in [0.25, 0.3) is 10.0 Å². The highest BCUT2D eigenvalue weighted by Gasteiger charge is 2.20. The Kier molecular flexibility index (Phi) is 5.16. The Morgan fingerprint density at radius 2 is 2.08 bits per heavy atom. The van der Waals surface area contributed by atoms with Crippen LogP contribution in [0, 0.1) is 0 Å². The van der Waals surface area contributed by atoms with Gasteiger partial charge in [0.2, 0.25) is 22.2 Å². The van der Waals surface area contributed by atoms with Crippen LogP contribution in [0.3, 0.4) is 0 Å². The van der Waals surface area contributed by atoms with E-state index in [2.05, 4.69) is 20.2 Å². The predicted octanol–water partition coefficient (Wildman–Crippen LogP) is 1.14. The standard InChI is InChI=1S/C14H16N4O5S2/c1-9(19)16-13-17-18-14(24-13)25(20,21)15-6-2-3-10-4-5-11-12(7-10)23-8-22-11/h4-5,7,15H,2-3,6,8H2,1H3,(H,16,17,19). The molecule has 0 radical (unpaired) electrons. The summed E-state index contributed by atoms with van der Waals surface area (Å²) in [6, 6.07) is 5.65. The molecule has 2 heterocycles. The molecule has 0 bridgehead atoms. The summed E-state index contributed by atoms with van der Waals surface area (Å²) in [5.74, 6) is 1.09. The Labute approximate surface area is 148 Å². The van der Waals surface area contributed by atoms with Crippen molar-refractivity contribution in [2.75, 3.05) is 18.7 Å². The molecule has 11 heteroatoms. The molecule has 134 valence electrons. The molecule has 1 aromatic heterocycles. The van der Waals surface area contributed by atoms with E-state index >= 15 is 0 Å². The monoisotopic (exact) mass is 384 g/mol. The molecular weight excluding hydrogens is 368 g/mol. The van der Waals surface area contributed by atoms with Crippen molar-refractivity contribution in [3.8, 4) is 11.5 Å². The third-order valence-electron chi connectivity index (χ3n) is 3.29. The lowest BCUT2D eigenvalue weighted by Gasteiger charge is -2.05. The van der Waals surface area contributed by atoms with E-state index in [1.54, 1.807) is 0 Å². The van der Waals surface area contributed by atoms with Crippen LogP contribution in [0.2, 0.25) is 0 Å². The van der Waals surface area contributed by atoms with E-state index in [9.17, 15) is 13.2 Å². The Morgan fingerprint density at radius 3 is 2.88 bits per heavy atom. The summed E-state index contributed by atoms with van der Waals surface area (Å²) in [6.45, 7) is 1.79. The number of ether oxygens (including phenoxy) is 2. The zero-order chi connectivity index (χ0) is 17.9. The molecular formula is C14H16N4O5S2. The number of anilines is 1. The van der Waals surface area contributed by atoms with Gasteiger partial charge < -0.3 is 14.8 Å². The molecule has 0 saturated heterocycles. The van der Waals surface area contributed by atoms with Gasteiger partial charge in [0.15, 0.2) is 11.5 Å². The second-order valence-corrected chi connectivity index (χ2v) is 8.16. The number of sulfonamides is 1. The van der Waals surface area contributed by atoms with Crippen LogP contribution in [0.4, 0.5) is 5.13 Å². The zero-order valence-electron chi connectivity index (χ0n) is 13.3. The summed E-state index contributed by atoms with van der Waals surface area (Å²) in [5.41, 5.74) is 1.03. The summed E-state index contributed by atoms with van der Waals surface area (Å²) in [6.07, 6.45) is 1.29. The van der Waals surface area contributed by atoms with Crippen molar-refractivity contribution in [3.63, 3.8) is 0 Å². The summed E-state index contributed by atoms with van der Waals surface area (Å²) >= 11 is 0.801. The molecule has 1 aromatic carbocycles. The van der Waals surface area contributed by atoms with Crippen molar-refractivity contribution >= 4 is 32.4 Å². The highest BCUT2D eigenvalue weighted by Crippen LogP contribution is 2.32. The summed E-state index contributed by atoms with van der Waals surface area (Å²) in [5, 5.41) is 9.76. The van der Waals surface area contributed by atoms with Crippen LogP contribution >= 0.6 is 11.3 Å². The van der Waals surface area contributed by atoms with Gasteiger partial charge in [0.05, 0.1) is 0 Å². The van der Waals surface area contributed by atoms with Crippen LogP contribution in [0.5, 0.6) is 11.5 Å². The Balaban J connectivity index is 1.50. The van der Waals surface area contributed by atoms with Gasteiger partial charge in [-0.15, -0.1) is 10.2 Å². The van der Waals surface area contributed by atoms with Gasteiger partial charge in [-0.05, 0) is 30.5 Å². The molecule has 0 saturated carbocycles. The van der Waals surface area contributed by atoms with Crippen molar-refractivity contribution in [3.05, 3.63) is 23.8 Å². The van der Waals surface area contributed by atoms with Crippen LogP contribution in [0.15, 0.2) is 22.5 Å². The summed E-state index contributed by atoms with van der Waals surface area (Å²) in [4.78, 5) is 10.9. The molecule has 3 rings (SSSR count). The number of aromatic nitrogens is 2. The van der Waals surface area contributed by atoms with E-state index < -0.39 is 10.0 Å². The van der Waals surface area contributed by atoms with Crippen LogP contribution in [-0.4, -0.2) is 37.9 Å². The normalized spacial score (nSPS) is 13.0. The van der Waals surface area contributed by atoms with Gasteiger partial charge >= 0.3 is 0 Å². The quantitative estimate of drug-likeness (QED) is 0.542. The molecule has 1 aliphatic heterocycles. The number of carbonyl (C=O) groups is 1. The lowest BCUT2D eigenvalue weighted by Crippen LogP contribution is -2.25. The number of amides is 1. The number of benzene rings is 1. The van der Waals surface area contributed by atoms with Crippen LogP contribution in [0.25, 0.3) is 0 Å². The molecule has 9 nitrogen and oxygen atoms in total. The maximum absolute atomic E-state index is 12.1. The molecule has 1 amide bonds. The highest BCUT2D eigenvalue weighted by atomic mass is 32.2. The zero-order valence-corrected chi connectivity index (χ0v) is 14.9. The fraction of sp³-hybridized carbons (Fsp3) is 0.357. The number of rotatable bonds is 7. The molecule has 25 heavy (non-hydrogen) atoms. The smallest absolute Gasteiger partial charge is 0.269 e. The SMILES string of the molecule is CC(=O)Nc1nnc(S(=O)(=O)NCCCc2ccc3c(c2)OCO3)s1. The topological polar surface area (TPSA) is 120 Å². The molecule has 0 aliphatic carbocycles. The van der Waals surface area contributed by atoms with Gasteiger partial charge in [0.1, 0.15) is 0 Å². The van der Waals surface area contributed by atoms with E-state index in [0.29, 0.717) is 18.6 Å². The average molecular weight is 384 g/mol. The lowest BCUT2D eigenvalue weighted by atomic mass is 10.1. The number of hydrogen-bond acceptors (Lipinski definition) is 8. The van der Waals surface area contributed by atoms with Crippen LogP contribution in [-0.2, 0) is 21.2 Å². The lowest BCUT2D eigenvalue weighted by molar-refractivity contribution is -0.114. The van der Waals surface area contributed by atoms with Crippen molar-refractivity contribution in [1.82, 2.24) is 14.9 Å². The average Bonchev–Trinajstić information content (AvgIpc) is 3.20. The number of hydrogen-bond donors (Lipinski definition) is 2. The van der Waals surface area contributed by atoms with E-state index in [1.807, 2.05) is 18.2 Å². The second-order valence-electron chi connectivity index (χ2n) is 5.24. The second kappa shape index (κ2) is 7.33. The maximum Gasteiger partial charge on any atom is 0.269 e. The first kappa shape index (κ1) is 17.6. The fourth-order valence-corrected chi connectivity index (χ4v) is 4.24. The first-order valence-corrected chi connectivity index (χ1v) is 9.73. The molecule has 0 unspecified atom stereocenters. The Bertz CT molecular complexity index is 881. The van der Waals surface area contributed by atoms with Crippen molar-refractivity contribution in [1.29, 1.82) is 0 Å². The number of fused-ring (bicyclic) bond motifs is 1. The van der Waals surface area contributed by atoms with Crippen LogP contribution < -0.4 is 19.5 Å². The van der Waals surface area contributed by atoms with E-state index in [4.69, 9.17) is 9.47 Å². The van der Waals surface area contributed by atoms with Gasteiger partial charge in [-0.3, -0.25) is 4.79 Å². The minimum absolute atomic E-state index is 0.147. The van der Waals surface area contributed by atoms with Gasteiger partial charge in [-0.1, -0.05) is 17.4 Å². The van der Waals surface area contributed by atoms with Gasteiger partial charge in [0, 0.05) is 13.5 Å². The molecule has 0 fully saturated rings. The third kappa shape index (κ3) is 4.44. The first-order chi connectivity index (χ1) is 11.9. The Hall–Kier alpha value is -2.24. The summed E-state index contributed by atoms with van der Waals surface area (Å²) < 4.78 is 37.1. The number of nitrogens with zero attached hydrogens (tertiary/aromatic N) is 2. The molecule has 0 spiro atoms. The molecule has 2 aromatic rings. The first-order valence-electron chi connectivity index (χ1n) is 7.43. The third-order valence-corrected chi connectivity index (χ3v) is 5.96. The van der Waals surface area contributed by atoms with E-state index in [1.165, 1.54) is 6.92 Å². The minimum atomic E-state index is -3.74. The minimum Gasteiger partial charge on any atom is -0.454 e. The van der Waals surface area contributed by atoms with Gasteiger partial charge in [-0.25, -0.2) is 13.1 Å². The molecule has 0 atom stereocenters. The summed E-state index contributed by atoms with van der Waals surface area (Å²) in [7, 11) is -3.74. The van der Waals surface area contributed by atoms with E-state index in [0.717, 1.165) is 22.6 Å². The maximum atomic E-state index is 12.1. The molecule has 1 aliphatic rings. The largest absolute Gasteiger partial charge is 0.454 e. The van der Waals surface area contributed by atoms with Gasteiger partial charge in [-0.2, -0.15) is 0 Å². The molecule has 2 N–H and O–H groups in total. The number of nitrogens with one attached hydrogen (secondary N) is 2. The van der Waals surface area contributed by atoms with E-state index in [-0.39, 0.29) is 28.7 Å². The fourth-order valence-electron chi connectivity index (χ4n) is 2.18. The van der Waals surface area contributed by atoms with Crippen molar-refractivity contribution in [2.45, 2.75) is 24.1 Å². The Morgan fingerprint density at radius 1 is 1.28 bits per heavy atom. The number of aryl methyl sites for hydroxylation is 1. The predicted molar refractivity (Wildman–Crippen MR) is 90.3 cm³/mol.